The molecule has 2 N–H and O–H groups in total. The molecule has 2 aliphatic rings. The second-order valence-corrected chi connectivity index (χ2v) is 9.44. The van der Waals surface area contributed by atoms with Gasteiger partial charge in [0.25, 0.3) is 11.8 Å². The Bertz CT molecular complexity index is 1040. The van der Waals surface area contributed by atoms with Crippen LogP contribution in [-0.4, -0.2) is 54.0 Å². The molecule has 1 aliphatic heterocycles. The van der Waals surface area contributed by atoms with Crippen LogP contribution in [0.2, 0.25) is 0 Å². The molecule has 2 fully saturated rings. The van der Waals surface area contributed by atoms with Gasteiger partial charge in [-0.25, -0.2) is 0 Å². The highest BCUT2D eigenvalue weighted by molar-refractivity contribution is 5.99. The number of pyridine rings is 1. The molecule has 1 aromatic carbocycles. The third-order valence-electron chi connectivity index (χ3n) is 7.19. The summed E-state index contributed by atoms with van der Waals surface area (Å²) in [7, 11) is 0. The maximum atomic E-state index is 13.0. The van der Waals surface area contributed by atoms with Crippen molar-refractivity contribution in [3.8, 4) is 0 Å². The van der Waals surface area contributed by atoms with Gasteiger partial charge in [0.1, 0.15) is 11.1 Å². The summed E-state index contributed by atoms with van der Waals surface area (Å²) in [5.41, 5.74) is 1.00. The van der Waals surface area contributed by atoms with E-state index < -0.39 is 17.2 Å². The molecule has 4 rings (SSSR count). The first-order valence-electron chi connectivity index (χ1n) is 12.7. The molecule has 2 heterocycles. The van der Waals surface area contributed by atoms with Crippen LogP contribution in [0.4, 0.5) is 0 Å². The van der Waals surface area contributed by atoms with Gasteiger partial charge in [0.15, 0.2) is 0 Å². The summed E-state index contributed by atoms with van der Waals surface area (Å²) in [6, 6.07) is 10.9. The monoisotopic (exact) mass is 464 g/mol. The standard InChI is InChI=1S/C27H36N4O3/c1-2-28-26(33)23-18-31(22-10-6-7-11-22)19-24(25(23)32)27(34)29-14-17-30-15-12-21(13-16-30)20-8-4-3-5-9-20/h3-5,8-9,18-19,21-22H,2,6-7,10-17H2,1H3,(H,28,33)(H,29,34). The van der Waals surface area contributed by atoms with E-state index in [1.165, 1.54) is 5.56 Å². The highest BCUT2D eigenvalue weighted by atomic mass is 16.2. The molecule has 182 valence electrons. The lowest BCUT2D eigenvalue weighted by Gasteiger charge is -2.32. The number of nitrogens with zero attached hydrogens (tertiary/aromatic N) is 2. The van der Waals surface area contributed by atoms with E-state index in [0.717, 1.165) is 58.2 Å². The number of carbonyl (C=O) groups is 2. The summed E-state index contributed by atoms with van der Waals surface area (Å²) < 4.78 is 1.91. The predicted molar refractivity (Wildman–Crippen MR) is 133 cm³/mol. The Balaban J connectivity index is 1.37. The van der Waals surface area contributed by atoms with E-state index in [4.69, 9.17) is 0 Å². The van der Waals surface area contributed by atoms with Gasteiger partial charge in [0.05, 0.1) is 0 Å². The molecule has 0 unspecified atom stereocenters. The SMILES string of the molecule is CCNC(=O)c1cn(C2CCCC2)cc(C(=O)NCCN2CCC(c3ccccc3)CC2)c1=O. The summed E-state index contributed by atoms with van der Waals surface area (Å²) in [6.45, 7) is 5.46. The Morgan fingerprint density at radius 2 is 1.53 bits per heavy atom. The average molecular weight is 465 g/mol. The molecule has 1 aliphatic carbocycles. The zero-order valence-electron chi connectivity index (χ0n) is 20.1. The normalized spacial score (nSPS) is 17.6. The molecular formula is C27H36N4O3. The first-order chi connectivity index (χ1) is 16.6. The molecule has 2 amide bonds. The number of likely N-dealkylation sites (tertiary alicyclic amines) is 1. The molecule has 0 spiro atoms. The van der Waals surface area contributed by atoms with Crippen LogP contribution in [0, 0.1) is 0 Å². The van der Waals surface area contributed by atoms with E-state index in [0.29, 0.717) is 19.0 Å². The van der Waals surface area contributed by atoms with Crippen LogP contribution in [0.5, 0.6) is 0 Å². The number of hydrogen-bond donors (Lipinski definition) is 2. The van der Waals surface area contributed by atoms with Crippen LogP contribution in [-0.2, 0) is 0 Å². The minimum atomic E-state index is -0.499. The number of carbonyl (C=O) groups excluding carboxylic acids is 2. The van der Waals surface area contributed by atoms with Gasteiger partial charge in [-0.3, -0.25) is 14.4 Å². The van der Waals surface area contributed by atoms with Gasteiger partial charge >= 0.3 is 0 Å². The van der Waals surface area contributed by atoms with Crippen molar-refractivity contribution in [2.45, 2.75) is 57.4 Å². The minimum absolute atomic E-state index is 0.0457. The molecule has 0 atom stereocenters. The molecular weight excluding hydrogens is 428 g/mol. The van der Waals surface area contributed by atoms with Crippen LogP contribution < -0.4 is 16.1 Å². The first-order valence-corrected chi connectivity index (χ1v) is 12.7. The summed E-state index contributed by atoms with van der Waals surface area (Å²) in [6.07, 6.45) is 9.72. The maximum Gasteiger partial charge on any atom is 0.256 e. The van der Waals surface area contributed by atoms with Gasteiger partial charge in [0.2, 0.25) is 5.43 Å². The van der Waals surface area contributed by atoms with E-state index in [1.54, 1.807) is 12.4 Å². The quantitative estimate of drug-likeness (QED) is 0.628. The van der Waals surface area contributed by atoms with Crippen LogP contribution in [0.15, 0.2) is 47.5 Å². The van der Waals surface area contributed by atoms with Crippen molar-refractivity contribution in [3.05, 3.63) is 69.6 Å². The fourth-order valence-electron chi connectivity index (χ4n) is 5.23. The Kier molecular flexibility index (Phi) is 8.16. The second kappa shape index (κ2) is 11.5. The molecule has 2 aromatic rings. The highest BCUT2D eigenvalue weighted by Crippen LogP contribution is 2.29. The zero-order valence-corrected chi connectivity index (χ0v) is 20.1. The van der Waals surface area contributed by atoms with E-state index in [-0.39, 0.29) is 17.2 Å². The van der Waals surface area contributed by atoms with Crippen molar-refractivity contribution >= 4 is 11.8 Å². The third-order valence-corrected chi connectivity index (χ3v) is 7.19. The zero-order chi connectivity index (χ0) is 23.9. The van der Waals surface area contributed by atoms with Crippen LogP contribution in [0.1, 0.15) is 83.7 Å². The Labute approximate surface area is 201 Å². The summed E-state index contributed by atoms with van der Waals surface area (Å²) in [5, 5.41) is 5.62. The van der Waals surface area contributed by atoms with Crippen molar-refractivity contribution < 1.29 is 9.59 Å². The molecule has 7 heteroatoms. The van der Waals surface area contributed by atoms with E-state index in [1.807, 2.05) is 11.5 Å². The number of rotatable bonds is 8. The molecule has 0 radical (unpaired) electrons. The van der Waals surface area contributed by atoms with Crippen molar-refractivity contribution in [3.63, 3.8) is 0 Å². The Hall–Kier alpha value is -2.93. The molecule has 1 aromatic heterocycles. The van der Waals surface area contributed by atoms with Crippen molar-refractivity contribution in [2.75, 3.05) is 32.7 Å². The van der Waals surface area contributed by atoms with Crippen LogP contribution >= 0.6 is 0 Å². The number of benzene rings is 1. The van der Waals surface area contributed by atoms with Gasteiger partial charge in [-0.15, -0.1) is 0 Å². The van der Waals surface area contributed by atoms with Gasteiger partial charge in [0, 0.05) is 38.1 Å². The fraction of sp³-hybridized carbons (Fsp3) is 0.519. The van der Waals surface area contributed by atoms with Crippen LogP contribution in [0.25, 0.3) is 0 Å². The Morgan fingerprint density at radius 1 is 0.912 bits per heavy atom. The largest absolute Gasteiger partial charge is 0.352 e. The van der Waals surface area contributed by atoms with Gasteiger partial charge < -0.3 is 20.1 Å². The number of nitrogens with one attached hydrogen (secondary N) is 2. The van der Waals surface area contributed by atoms with Crippen molar-refractivity contribution in [1.82, 2.24) is 20.1 Å². The van der Waals surface area contributed by atoms with E-state index >= 15 is 0 Å². The Morgan fingerprint density at radius 3 is 2.15 bits per heavy atom. The lowest BCUT2D eigenvalue weighted by Crippen LogP contribution is -2.41. The topological polar surface area (TPSA) is 83.4 Å². The summed E-state index contributed by atoms with van der Waals surface area (Å²) >= 11 is 0. The maximum absolute atomic E-state index is 13.0. The van der Waals surface area contributed by atoms with E-state index in [2.05, 4.69) is 45.9 Å². The molecule has 7 nitrogen and oxygen atoms in total. The lowest BCUT2D eigenvalue weighted by molar-refractivity contribution is 0.0943. The van der Waals surface area contributed by atoms with Crippen LogP contribution in [0.3, 0.4) is 0 Å². The predicted octanol–water partition coefficient (Wildman–Crippen LogP) is 3.32. The second-order valence-electron chi connectivity index (χ2n) is 9.44. The highest BCUT2D eigenvalue weighted by Gasteiger charge is 2.24. The van der Waals surface area contributed by atoms with Gasteiger partial charge in [-0.2, -0.15) is 0 Å². The average Bonchev–Trinajstić information content (AvgIpc) is 3.40. The smallest absolute Gasteiger partial charge is 0.256 e. The van der Waals surface area contributed by atoms with Gasteiger partial charge in [-0.05, 0) is 57.2 Å². The molecule has 0 bridgehead atoms. The number of piperidine rings is 1. The van der Waals surface area contributed by atoms with E-state index in [9.17, 15) is 14.4 Å². The number of amides is 2. The summed E-state index contributed by atoms with van der Waals surface area (Å²) in [5.74, 6) is -0.227. The summed E-state index contributed by atoms with van der Waals surface area (Å²) in [4.78, 5) is 40.8. The lowest BCUT2D eigenvalue weighted by atomic mass is 9.89. The first kappa shape index (κ1) is 24.2. The van der Waals surface area contributed by atoms with Crippen molar-refractivity contribution in [1.29, 1.82) is 0 Å². The number of aromatic nitrogens is 1. The van der Waals surface area contributed by atoms with Crippen molar-refractivity contribution in [2.24, 2.45) is 0 Å². The molecule has 1 saturated carbocycles. The fourth-order valence-corrected chi connectivity index (χ4v) is 5.23. The van der Waals surface area contributed by atoms with Gasteiger partial charge in [-0.1, -0.05) is 43.2 Å². The molecule has 1 saturated heterocycles. The minimum Gasteiger partial charge on any atom is -0.352 e. The number of hydrogen-bond acceptors (Lipinski definition) is 4. The molecule has 34 heavy (non-hydrogen) atoms. The third kappa shape index (κ3) is 5.76.